The van der Waals surface area contributed by atoms with Crippen molar-refractivity contribution in [2.24, 2.45) is 7.05 Å². The maximum Gasteiger partial charge on any atom is 0.243 e. The molecule has 0 atom stereocenters. The Morgan fingerprint density at radius 2 is 1.83 bits per heavy atom. The molecule has 0 fully saturated rings. The van der Waals surface area contributed by atoms with E-state index in [4.69, 9.17) is 0 Å². The van der Waals surface area contributed by atoms with Crippen LogP contribution in [0, 0.1) is 11.3 Å². The Kier molecular flexibility index (Phi) is 6.92. The number of nitrogens with zero attached hydrogens (tertiary/aromatic N) is 5. The Morgan fingerprint density at radius 1 is 1.10 bits per heavy atom. The first-order valence-electron chi connectivity index (χ1n) is 9.53. The Labute approximate surface area is 181 Å². The van der Waals surface area contributed by atoms with Crippen LogP contribution >= 0.6 is 11.8 Å². The fourth-order valence-electron chi connectivity index (χ4n) is 3.10. The highest BCUT2D eigenvalue weighted by atomic mass is 32.2. The summed E-state index contributed by atoms with van der Waals surface area (Å²) < 4.78 is 28.9. The Hall–Kier alpha value is -2.67. The van der Waals surface area contributed by atoms with Gasteiger partial charge in [-0.15, -0.1) is 10.2 Å². The lowest BCUT2D eigenvalue weighted by molar-refractivity contribution is 0.445. The van der Waals surface area contributed by atoms with Crippen molar-refractivity contribution in [2.75, 3.05) is 13.1 Å². The van der Waals surface area contributed by atoms with Crippen molar-refractivity contribution >= 4 is 21.8 Å². The van der Waals surface area contributed by atoms with Gasteiger partial charge in [-0.2, -0.15) is 9.57 Å². The van der Waals surface area contributed by atoms with Gasteiger partial charge in [0.05, 0.1) is 16.5 Å². The standard InChI is InChI=1S/C21H23N5O2S2/c1-4-26(5-2)30(27,28)19-12-8-11-16(13-19)20-23-24-21(25(20)3)29-15-18-10-7-6-9-17(18)14-22/h6-13H,4-5,15H2,1-3H3. The van der Waals surface area contributed by atoms with E-state index in [-0.39, 0.29) is 4.90 Å². The predicted octanol–water partition coefficient (Wildman–Crippen LogP) is 3.68. The Balaban J connectivity index is 1.87. The molecule has 2 aromatic carbocycles. The van der Waals surface area contributed by atoms with Crippen LogP contribution in [0.3, 0.4) is 0 Å². The molecular weight excluding hydrogens is 418 g/mol. The number of sulfonamides is 1. The summed E-state index contributed by atoms with van der Waals surface area (Å²) in [6, 6.07) is 16.4. The molecule has 156 valence electrons. The van der Waals surface area contributed by atoms with Gasteiger partial charge in [0, 0.05) is 31.5 Å². The van der Waals surface area contributed by atoms with Gasteiger partial charge in [-0.05, 0) is 23.8 Å². The summed E-state index contributed by atoms with van der Waals surface area (Å²) in [6.45, 7) is 4.47. The lowest BCUT2D eigenvalue weighted by atomic mass is 10.1. The van der Waals surface area contributed by atoms with Gasteiger partial charge >= 0.3 is 0 Å². The predicted molar refractivity (Wildman–Crippen MR) is 117 cm³/mol. The maximum atomic E-state index is 12.8. The second-order valence-electron chi connectivity index (χ2n) is 6.54. The summed E-state index contributed by atoms with van der Waals surface area (Å²) in [5.41, 5.74) is 2.26. The van der Waals surface area contributed by atoms with E-state index in [1.165, 1.54) is 16.1 Å². The van der Waals surface area contributed by atoms with Gasteiger partial charge in [0.15, 0.2) is 11.0 Å². The van der Waals surface area contributed by atoms with Crippen LogP contribution in [0.2, 0.25) is 0 Å². The molecule has 0 amide bonds. The van der Waals surface area contributed by atoms with Crippen LogP contribution in [0.5, 0.6) is 0 Å². The number of hydrogen-bond donors (Lipinski definition) is 0. The fraction of sp³-hybridized carbons (Fsp3) is 0.286. The zero-order valence-electron chi connectivity index (χ0n) is 17.1. The Bertz CT molecular complexity index is 1180. The van der Waals surface area contributed by atoms with Crippen LogP contribution in [-0.4, -0.2) is 40.6 Å². The zero-order valence-corrected chi connectivity index (χ0v) is 18.7. The molecule has 0 N–H and O–H groups in total. The smallest absolute Gasteiger partial charge is 0.243 e. The van der Waals surface area contributed by atoms with Crippen molar-refractivity contribution in [1.29, 1.82) is 5.26 Å². The minimum atomic E-state index is -3.55. The average Bonchev–Trinajstić information content (AvgIpc) is 3.13. The number of thioether (sulfide) groups is 1. The van der Waals surface area contributed by atoms with E-state index in [1.54, 1.807) is 24.3 Å². The number of benzene rings is 2. The van der Waals surface area contributed by atoms with Crippen molar-refractivity contribution in [3.8, 4) is 17.5 Å². The fourth-order valence-corrected chi connectivity index (χ4v) is 5.52. The lowest BCUT2D eigenvalue weighted by Crippen LogP contribution is -2.30. The summed E-state index contributed by atoms with van der Waals surface area (Å²) in [7, 11) is -1.70. The summed E-state index contributed by atoms with van der Waals surface area (Å²) in [6.07, 6.45) is 0. The van der Waals surface area contributed by atoms with Crippen molar-refractivity contribution in [1.82, 2.24) is 19.1 Å². The van der Waals surface area contributed by atoms with Crippen molar-refractivity contribution in [2.45, 2.75) is 29.7 Å². The van der Waals surface area contributed by atoms with E-state index >= 15 is 0 Å². The van der Waals surface area contributed by atoms with E-state index in [1.807, 2.05) is 49.7 Å². The number of rotatable bonds is 8. The summed E-state index contributed by atoms with van der Waals surface area (Å²) in [5.74, 6) is 1.18. The van der Waals surface area contributed by atoms with Crippen molar-refractivity contribution in [3.05, 3.63) is 59.7 Å². The molecule has 9 heteroatoms. The van der Waals surface area contributed by atoms with Crippen LogP contribution in [0.15, 0.2) is 58.6 Å². The molecule has 0 radical (unpaired) electrons. The molecule has 3 rings (SSSR count). The van der Waals surface area contributed by atoms with E-state index in [9.17, 15) is 13.7 Å². The van der Waals surface area contributed by atoms with Gasteiger partial charge in [0.2, 0.25) is 10.0 Å². The third-order valence-corrected chi connectivity index (χ3v) is 7.88. The van der Waals surface area contributed by atoms with Gasteiger partial charge in [0.25, 0.3) is 0 Å². The first kappa shape index (κ1) is 22.0. The maximum absolute atomic E-state index is 12.8. The molecule has 0 bridgehead atoms. The highest BCUT2D eigenvalue weighted by Gasteiger charge is 2.22. The first-order valence-corrected chi connectivity index (χ1v) is 12.0. The van der Waals surface area contributed by atoms with E-state index < -0.39 is 10.0 Å². The zero-order chi connectivity index (χ0) is 21.7. The molecule has 3 aromatic rings. The molecule has 0 unspecified atom stereocenters. The molecule has 0 aliphatic carbocycles. The quantitative estimate of drug-likeness (QED) is 0.495. The normalized spacial score (nSPS) is 11.6. The molecular formula is C21H23N5O2S2. The third-order valence-electron chi connectivity index (χ3n) is 4.76. The van der Waals surface area contributed by atoms with Crippen molar-refractivity contribution < 1.29 is 8.42 Å². The van der Waals surface area contributed by atoms with Crippen LogP contribution in [0.4, 0.5) is 0 Å². The second-order valence-corrected chi connectivity index (χ2v) is 9.42. The number of hydrogen-bond acceptors (Lipinski definition) is 6. The largest absolute Gasteiger partial charge is 0.305 e. The molecule has 7 nitrogen and oxygen atoms in total. The highest BCUT2D eigenvalue weighted by molar-refractivity contribution is 7.98. The van der Waals surface area contributed by atoms with Crippen LogP contribution < -0.4 is 0 Å². The summed E-state index contributed by atoms with van der Waals surface area (Å²) >= 11 is 1.48. The van der Waals surface area contributed by atoms with Crippen LogP contribution in [-0.2, 0) is 22.8 Å². The SMILES string of the molecule is CCN(CC)S(=O)(=O)c1cccc(-c2nnc(SCc3ccccc3C#N)n2C)c1. The van der Waals surface area contributed by atoms with E-state index in [0.717, 1.165) is 5.56 Å². The van der Waals surface area contributed by atoms with Gasteiger partial charge in [-0.1, -0.05) is 55.9 Å². The Morgan fingerprint density at radius 3 is 2.53 bits per heavy atom. The third kappa shape index (κ3) is 4.41. The molecule has 0 aliphatic rings. The molecule has 0 saturated heterocycles. The second kappa shape index (κ2) is 9.43. The number of aromatic nitrogens is 3. The van der Waals surface area contributed by atoms with Crippen LogP contribution in [0.1, 0.15) is 25.0 Å². The minimum absolute atomic E-state index is 0.240. The lowest BCUT2D eigenvalue weighted by Gasteiger charge is -2.18. The summed E-state index contributed by atoms with van der Waals surface area (Å²) in [5, 5.41) is 18.5. The topological polar surface area (TPSA) is 91.9 Å². The molecule has 0 saturated carbocycles. The van der Waals surface area contributed by atoms with E-state index in [2.05, 4.69) is 16.3 Å². The monoisotopic (exact) mass is 441 g/mol. The van der Waals surface area contributed by atoms with E-state index in [0.29, 0.717) is 41.0 Å². The van der Waals surface area contributed by atoms with Crippen LogP contribution in [0.25, 0.3) is 11.4 Å². The number of nitriles is 1. The highest BCUT2D eigenvalue weighted by Crippen LogP contribution is 2.28. The first-order chi connectivity index (χ1) is 14.4. The minimum Gasteiger partial charge on any atom is -0.305 e. The molecule has 0 aliphatic heterocycles. The summed E-state index contributed by atoms with van der Waals surface area (Å²) in [4.78, 5) is 0.240. The molecule has 30 heavy (non-hydrogen) atoms. The van der Waals surface area contributed by atoms with Crippen molar-refractivity contribution in [3.63, 3.8) is 0 Å². The molecule has 1 heterocycles. The van der Waals surface area contributed by atoms with Gasteiger partial charge < -0.3 is 4.57 Å². The van der Waals surface area contributed by atoms with Gasteiger partial charge in [-0.3, -0.25) is 0 Å². The average molecular weight is 442 g/mol. The molecule has 0 spiro atoms. The van der Waals surface area contributed by atoms with Gasteiger partial charge in [-0.25, -0.2) is 8.42 Å². The molecule has 1 aromatic heterocycles. The van der Waals surface area contributed by atoms with Gasteiger partial charge in [0.1, 0.15) is 0 Å².